The minimum atomic E-state index is -4.53. The first-order valence-electron chi connectivity index (χ1n) is 9.72. The highest BCUT2D eigenvalue weighted by atomic mass is 19.4. The summed E-state index contributed by atoms with van der Waals surface area (Å²) in [4.78, 5) is 2.12. The van der Waals surface area contributed by atoms with Gasteiger partial charge in [0.05, 0.1) is 17.8 Å². The van der Waals surface area contributed by atoms with Crippen LogP contribution in [0, 0.1) is 6.92 Å². The van der Waals surface area contributed by atoms with Crippen LogP contribution >= 0.6 is 0 Å². The monoisotopic (exact) mass is 417 g/mol. The smallest absolute Gasteiger partial charge is 0.416 e. The molecule has 0 spiro atoms. The lowest BCUT2D eigenvalue weighted by atomic mass is 9.98. The first-order chi connectivity index (χ1) is 14.1. The molecular formula is C22H22F3N3O2. The molecule has 8 heteroatoms. The van der Waals surface area contributed by atoms with Crippen molar-refractivity contribution in [2.75, 3.05) is 18.0 Å². The summed E-state index contributed by atoms with van der Waals surface area (Å²) in [6, 6.07) is 8.64. The van der Waals surface area contributed by atoms with Gasteiger partial charge >= 0.3 is 6.18 Å². The van der Waals surface area contributed by atoms with E-state index in [9.17, 15) is 18.3 Å². The Bertz CT molecular complexity index is 1090. The summed E-state index contributed by atoms with van der Waals surface area (Å²) in [6.45, 7) is 7.22. The number of benzene rings is 2. The quantitative estimate of drug-likeness (QED) is 0.640. The van der Waals surface area contributed by atoms with Crippen LogP contribution in [0.2, 0.25) is 0 Å². The van der Waals surface area contributed by atoms with E-state index in [1.165, 1.54) is 6.07 Å². The molecule has 2 heterocycles. The molecular weight excluding hydrogens is 395 g/mol. The SMILES string of the molecule is Cc1cccc2c(N3CC(C)OC(C)C3)nnc(-c3ccc(C(F)(F)F)cc3O)c12. The number of halogens is 3. The van der Waals surface area contributed by atoms with E-state index < -0.39 is 17.5 Å². The first-order valence-corrected chi connectivity index (χ1v) is 9.72. The maximum Gasteiger partial charge on any atom is 0.416 e. The summed E-state index contributed by atoms with van der Waals surface area (Å²) in [5.41, 5.74) is 0.551. The Balaban J connectivity index is 1.88. The number of hydrogen-bond donors (Lipinski definition) is 1. The van der Waals surface area contributed by atoms with Crippen LogP contribution in [0.5, 0.6) is 5.75 Å². The third-order valence-corrected chi connectivity index (χ3v) is 5.29. The van der Waals surface area contributed by atoms with Crippen molar-refractivity contribution in [1.82, 2.24) is 10.2 Å². The zero-order chi connectivity index (χ0) is 21.6. The highest BCUT2D eigenvalue weighted by molar-refractivity contribution is 6.03. The van der Waals surface area contributed by atoms with Gasteiger partial charge in [0.1, 0.15) is 11.4 Å². The molecule has 1 fully saturated rings. The van der Waals surface area contributed by atoms with Gasteiger partial charge in [-0.25, -0.2) is 0 Å². The number of hydrogen-bond acceptors (Lipinski definition) is 5. The molecule has 1 aromatic heterocycles. The predicted molar refractivity (Wildman–Crippen MR) is 109 cm³/mol. The van der Waals surface area contributed by atoms with Crippen molar-refractivity contribution < 1.29 is 23.0 Å². The molecule has 158 valence electrons. The minimum absolute atomic E-state index is 0.0362. The minimum Gasteiger partial charge on any atom is -0.507 e. The molecule has 1 aliphatic heterocycles. The lowest BCUT2D eigenvalue weighted by molar-refractivity contribution is -0.137. The number of rotatable bonds is 2. The lowest BCUT2D eigenvalue weighted by Gasteiger charge is -2.36. The van der Waals surface area contributed by atoms with Gasteiger partial charge in [-0.15, -0.1) is 10.2 Å². The van der Waals surface area contributed by atoms with Crippen molar-refractivity contribution in [3.63, 3.8) is 0 Å². The maximum atomic E-state index is 13.0. The molecule has 2 atom stereocenters. The van der Waals surface area contributed by atoms with E-state index in [0.717, 1.165) is 28.5 Å². The number of morpholine rings is 1. The topological polar surface area (TPSA) is 58.5 Å². The summed E-state index contributed by atoms with van der Waals surface area (Å²) >= 11 is 0. The van der Waals surface area contributed by atoms with Gasteiger partial charge in [-0.2, -0.15) is 13.2 Å². The number of aromatic nitrogens is 2. The fourth-order valence-corrected chi connectivity index (χ4v) is 4.05. The van der Waals surface area contributed by atoms with Crippen molar-refractivity contribution in [3.8, 4) is 17.0 Å². The first kappa shape index (κ1) is 20.4. The molecule has 30 heavy (non-hydrogen) atoms. The number of phenolic OH excluding ortho intramolecular Hbond substituents is 1. The Morgan fingerprint density at radius 1 is 1.07 bits per heavy atom. The van der Waals surface area contributed by atoms with Crippen molar-refractivity contribution >= 4 is 16.6 Å². The van der Waals surface area contributed by atoms with Gasteiger partial charge in [0, 0.05) is 29.4 Å². The average molecular weight is 417 g/mol. The summed E-state index contributed by atoms with van der Waals surface area (Å²) in [5, 5.41) is 20.7. The van der Waals surface area contributed by atoms with Crippen LogP contribution in [0.4, 0.5) is 19.0 Å². The average Bonchev–Trinajstić information content (AvgIpc) is 2.66. The van der Waals surface area contributed by atoms with E-state index in [-0.39, 0.29) is 17.8 Å². The Hall–Kier alpha value is -2.87. The Morgan fingerprint density at radius 2 is 1.77 bits per heavy atom. The maximum absolute atomic E-state index is 13.0. The normalized spacial score (nSPS) is 20.0. The summed E-state index contributed by atoms with van der Waals surface area (Å²) < 4.78 is 44.8. The molecule has 1 saturated heterocycles. The molecule has 2 aromatic carbocycles. The second-order valence-electron chi connectivity index (χ2n) is 7.76. The molecule has 0 radical (unpaired) electrons. The molecule has 0 bridgehead atoms. The fourth-order valence-electron chi connectivity index (χ4n) is 4.05. The number of phenols is 1. The molecule has 3 aromatic rings. The molecule has 4 rings (SSSR count). The van der Waals surface area contributed by atoms with Gasteiger partial charge in [0.25, 0.3) is 0 Å². The zero-order valence-electron chi connectivity index (χ0n) is 16.9. The van der Waals surface area contributed by atoms with E-state index in [2.05, 4.69) is 15.1 Å². The standard InChI is InChI=1S/C22H22F3N3O2/c1-12-5-4-6-17-19(12)20(16-8-7-15(9-18(16)29)22(23,24)25)26-27-21(17)28-10-13(2)30-14(3)11-28/h4-9,13-14,29H,10-11H2,1-3H3. The van der Waals surface area contributed by atoms with E-state index in [4.69, 9.17) is 4.74 Å². The van der Waals surface area contributed by atoms with Crippen LogP contribution in [0.15, 0.2) is 36.4 Å². The van der Waals surface area contributed by atoms with Crippen LogP contribution in [0.25, 0.3) is 22.0 Å². The highest BCUT2D eigenvalue weighted by Crippen LogP contribution is 2.40. The molecule has 0 amide bonds. The van der Waals surface area contributed by atoms with Crippen LogP contribution < -0.4 is 4.90 Å². The lowest BCUT2D eigenvalue weighted by Crippen LogP contribution is -2.46. The molecule has 1 N–H and O–H groups in total. The van der Waals surface area contributed by atoms with Crippen LogP contribution in [-0.4, -0.2) is 40.6 Å². The molecule has 0 saturated carbocycles. The van der Waals surface area contributed by atoms with E-state index in [1.54, 1.807) is 0 Å². The van der Waals surface area contributed by atoms with E-state index in [1.807, 2.05) is 39.0 Å². The van der Waals surface area contributed by atoms with Gasteiger partial charge in [0.2, 0.25) is 0 Å². The third-order valence-electron chi connectivity index (χ3n) is 5.29. The summed E-state index contributed by atoms with van der Waals surface area (Å²) in [5.74, 6) is 0.218. The van der Waals surface area contributed by atoms with Crippen LogP contribution in [0.3, 0.4) is 0 Å². The van der Waals surface area contributed by atoms with E-state index in [0.29, 0.717) is 24.6 Å². The number of ether oxygens (including phenoxy) is 1. The Morgan fingerprint density at radius 3 is 2.40 bits per heavy atom. The number of fused-ring (bicyclic) bond motifs is 1. The molecule has 0 aliphatic carbocycles. The predicted octanol–water partition coefficient (Wildman–Crippen LogP) is 4.94. The molecule has 5 nitrogen and oxygen atoms in total. The van der Waals surface area contributed by atoms with Gasteiger partial charge in [-0.05, 0) is 44.5 Å². The fraction of sp³-hybridized carbons (Fsp3) is 0.364. The van der Waals surface area contributed by atoms with Crippen LogP contribution in [0.1, 0.15) is 25.0 Å². The zero-order valence-corrected chi connectivity index (χ0v) is 16.9. The van der Waals surface area contributed by atoms with Gasteiger partial charge in [-0.1, -0.05) is 18.2 Å². The Kier molecular flexibility index (Phi) is 5.05. The van der Waals surface area contributed by atoms with Crippen LogP contribution in [-0.2, 0) is 10.9 Å². The highest BCUT2D eigenvalue weighted by Gasteiger charge is 2.32. The van der Waals surface area contributed by atoms with E-state index >= 15 is 0 Å². The van der Waals surface area contributed by atoms with Gasteiger partial charge < -0.3 is 14.7 Å². The van der Waals surface area contributed by atoms with Crippen molar-refractivity contribution in [1.29, 1.82) is 0 Å². The number of aromatic hydroxyl groups is 1. The van der Waals surface area contributed by atoms with Crippen molar-refractivity contribution in [2.45, 2.75) is 39.2 Å². The molecule has 2 unspecified atom stereocenters. The second-order valence-corrected chi connectivity index (χ2v) is 7.76. The molecule has 1 aliphatic rings. The second kappa shape index (κ2) is 7.43. The number of alkyl halides is 3. The van der Waals surface area contributed by atoms with Gasteiger partial charge in [-0.3, -0.25) is 0 Å². The number of anilines is 1. The largest absolute Gasteiger partial charge is 0.507 e. The number of nitrogens with zero attached hydrogens (tertiary/aromatic N) is 3. The van der Waals surface area contributed by atoms with Crippen molar-refractivity contribution in [3.05, 3.63) is 47.5 Å². The number of aryl methyl sites for hydroxylation is 1. The Labute approximate surface area is 172 Å². The third kappa shape index (κ3) is 3.67. The summed E-state index contributed by atoms with van der Waals surface area (Å²) in [6.07, 6.45) is -4.46. The summed E-state index contributed by atoms with van der Waals surface area (Å²) in [7, 11) is 0. The van der Waals surface area contributed by atoms with Gasteiger partial charge in [0.15, 0.2) is 5.82 Å². The van der Waals surface area contributed by atoms with Crippen molar-refractivity contribution in [2.24, 2.45) is 0 Å².